The van der Waals surface area contributed by atoms with Gasteiger partial charge in [0.2, 0.25) is 0 Å². The Bertz CT molecular complexity index is 413. The van der Waals surface area contributed by atoms with Gasteiger partial charge in [-0.05, 0) is 37.5 Å². The molecule has 0 heterocycles. The molecular formula is C13H17FO3. The first-order valence-electron chi connectivity index (χ1n) is 5.36. The van der Waals surface area contributed by atoms with E-state index >= 15 is 0 Å². The summed E-state index contributed by atoms with van der Waals surface area (Å²) in [6, 6.07) is 4.75. The molecule has 0 fully saturated rings. The number of benzene rings is 1. The highest BCUT2D eigenvalue weighted by Crippen LogP contribution is 2.24. The number of ether oxygens (including phenoxy) is 1. The lowest BCUT2D eigenvalue weighted by molar-refractivity contribution is -0.146. The van der Waals surface area contributed by atoms with Crippen molar-refractivity contribution >= 4 is 5.97 Å². The highest BCUT2D eigenvalue weighted by Gasteiger charge is 2.28. The molecule has 1 rings (SSSR count). The van der Waals surface area contributed by atoms with Crippen LogP contribution in [0.2, 0.25) is 0 Å². The van der Waals surface area contributed by atoms with Crippen LogP contribution in [0.15, 0.2) is 18.2 Å². The largest absolute Gasteiger partial charge is 0.481 e. The van der Waals surface area contributed by atoms with Gasteiger partial charge in [0.25, 0.3) is 0 Å². The molecule has 0 bridgehead atoms. The summed E-state index contributed by atoms with van der Waals surface area (Å²) in [6.07, 6.45) is 0.168. The van der Waals surface area contributed by atoms with Crippen LogP contribution in [0.25, 0.3) is 0 Å². The van der Waals surface area contributed by atoms with E-state index in [2.05, 4.69) is 0 Å². The van der Waals surface area contributed by atoms with Crippen LogP contribution < -0.4 is 0 Å². The Morgan fingerprint density at radius 2 is 2.12 bits per heavy atom. The van der Waals surface area contributed by atoms with Crippen molar-refractivity contribution in [2.45, 2.75) is 26.9 Å². The van der Waals surface area contributed by atoms with E-state index in [4.69, 9.17) is 9.84 Å². The summed E-state index contributed by atoms with van der Waals surface area (Å²) in [7, 11) is 1.54. The van der Waals surface area contributed by atoms with Gasteiger partial charge < -0.3 is 9.84 Å². The van der Waals surface area contributed by atoms with Crippen LogP contribution >= 0.6 is 0 Å². The molecule has 0 saturated carbocycles. The van der Waals surface area contributed by atoms with Crippen molar-refractivity contribution in [1.29, 1.82) is 0 Å². The lowest BCUT2D eigenvalue weighted by Gasteiger charge is -2.19. The normalized spacial score (nSPS) is 11.5. The van der Waals surface area contributed by atoms with E-state index < -0.39 is 11.4 Å². The van der Waals surface area contributed by atoms with Gasteiger partial charge in [0.15, 0.2) is 0 Å². The van der Waals surface area contributed by atoms with Crippen molar-refractivity contribution in [2.75, 3.05) is 7.11 Å². The number of carboxylic acid groups (broad SMARTS) is 1. The van der Waals surface area contributed by atoms with Gasteiger partial charge in [-0.3, -0.25) is 4.79 Å². The van der Waals surface area contributed by atoms with Crippen molar-refractivity contribution < 1.29 is 19.0 Å². The van der Waals surface area contributed by atoms with Gasteiger partial charge in [-0.2, -0.15) is 0 Å². The Kier molecular flexibility index (Phi) is 4.23. The van der Waals surface area contributed by atoms with Crippen molar-refractivity contribution in [2.24, 2.45) is 5.41 Å². The van der Waals surface area contributed by atoms with Gasteiger partial charge in [-0.15, -0.1) is 0 Å². The van der Waals surface area contributed by atoms with Crippen molar-refractivity contribution in [3.8, 4) is 0 Å². The number of aliphatic carboxylic acids is 1. The molecule has 1 aromatic rings. The first-order chi connectivity index (χ1) is 7.86. The quantitative estimate of drug-likeness (QED) is 0.860. The maximum atomic E-state index is 13.7. The minimum atomic E-state index is -0.969. The highest BCUT2D eigenvalue weighted by atomic mass is 19.1. The maximum Gasteiger partial charge on any atom is 0.309 e. The zero-order valence-corrected chi connectivity index (χ0v) is 10.3. The summed E-state index contributed by atoms with van der Waals surface area (Å²) >= 11 is 0. The lowest BCUT2D eigenvalue weighted by atomic mass is 9.85. The second-order valence-electron chi connectivity index (χ2n) is 4.72. The molecule has 17 heavy (non-hydrogen) atoms. The summed E-state index contributed by atoms with van der Waals surface area (Å²) in [5, 5.41) is 8.99. The van der Waals surface area contributed by atoms with Crippen LogP contribution in [-0.4, -0.2) is 18.2 Å². The molecule has 4 heteroatoms. The first kappa shape index (κ1) is 13.6. The second-order valence-corrected chi connectivity index (χ2v) is 4.72. The van der Waals surface area contributed by atoms with E-state index in [0.29, 0.717) is 12.2 Å². The predicted octanol–water partition coefficient (Wildman–Crippen LogP) is 2.63. The van der Waals surface area contributed by atoms with Crippen LogP contribution in [0.1, 0.15) is 25.0 Å². The summed E-state index contributed by atoms with van der Waals surface area (Å²) in [6.45, 7) is 3.51. The number of hydrogen-bond donors (Lipinski definition) is 1. The maximum absolute atomic E-state index is 13.7. The Morgan fingerprint density at radius 3 is 2.59 bits per heavy atom. The molecule has 94 valence electrons. The van der Waals surface area contributed by atoms with Crippen molar-refractivity contribution in [3.05, 3.63) is 35.1 Å². The fourth-order valence-electron chi connectivity index (χ4n) is 1.54. The monoisotopic (exact) mass is 240 g/mol. The third kappa shape index (κ3) is 3.53. The molecule has 0 aromatic heterocycles. The topological polar surface area (TPSA) is 46.5 Å². The van der Waals surface area contributed by atoms with E-state index in [1.807, 2.05) is 0 Å². The Hall–Kier alpha value is -1.42. The predicted molar refractivity (Wildman–Crippen MR) is 62.2 cm³/mol. The zero-order chi connectivity index (χ0) is 13.1. The lowest BCUT2D eigenvalue weighted by Crippen LogP contribution is -2.26. The van der Waals surface area contributed by atoms with Crippen molar-refractivity contribution in [3.63, 3.8) is 0 Å². The SMILES string of the molecule is COCc1ccc(CC(C)(C)C(=O)O)c(F)c1. The van der Waals surface area contributed by atoms with Gasteiger partial charge in [-0.25, -0.2) is 4.39 Å². The number of hydrogen-bond acceptors (Lipinski definition) is 2. The van der Waals surface area contributed by atoms with Gasteiger partial charge in [0.1, 0.15) is 5.82 Å². The highest BCUT2D eigenvalue weighted by molar-refractivity contribution is 5.74. The number of carbonyl (C=O) groups is 1. The van der Waals surface area contributed by atoms with Crippen LogP contribution in [-0.2, 0) is 22.6 Å². The molecule has 0 spiro atoms. The van der Waals surface area contributed by atoms with Crippen LogP contribution in [0.5, 0.6) is 0 Å². The van der Waals surface area contributed by atoms with Gasteiger partial charge >= 0.3 is 5.97 Å². The van der Waals surface area contributed by atoms with Gasteiger partial charge in [0.05, 0.1) is 12.0 Å². The summed E-state index contributed by atoms with van der Waals surface area (Å²) in [5.41, 5.74) is 0.183. The summed E-state index contributed by atoms with van der Waals surface area (Å²) in [5.74, 6) is -1.31. The molecule has 0 amide bonds. The van der Waals surface area contributed by atoms with E-state index in [-0.39, 0.29) is 12.2 Å². The van der Waals surface area contributed by atoms with Crippen LogP contribution in [0, 0.1) is 11.2 Å². The Labute approximate surface area is 100 Å². The zero-order valence-electron chi connectivity index (χ0n) is 10.3. The number of halogens is 1. The van der Waals surface area contributed by atoms with Gasteiger partial charge in [-0.1, -0.05) is 12.1 Å². The molecule has 0 unspecified atom stereocenters. The standard InChI is InChI=1S/C13H17FO3/c1-13(2,12(15)16)7-10-5-4-9(8-17-3)6-11(10)14/h4-6H,7-8H2,1-3H3,(H,15,16). The molecule has 0 aliphatic heterocycles. The smallest absolute Gasteiger partial charge is 0.309 e. The fraction of sp³-hybridized carbons (Fsp3) is 0.462. The number of carboxylic acids is 1. The minimum absolute atomic E-state index is 0.168. The average Bonchev–Trinajstić information content (AvgIpc) is 2.22. The first-order valence-corrected chi connectivity index (χ1v) is 5.36. The van der Waals surface area contributed by atoms with Crippen LogP contribution in [0.4, 0.5) is 4.39 Å². The molecule has 0 aliphatic rings. The van der Waals surface area contributed by atoms with E-state index in [1.54, 1.807) is 33.1 Å². The van der Waals surface area contributed by atoms with Gasteiger partial charge in [0, 0.05) is 7.11 Å². The second kappa shape index (κ2) is 5.27. The summed E-state index contributed by atoms with van der Waals surface area (Å²) < 4.78 is 18.6. The molecule has 0 aliphatic carbocycles. The number of methoxy groups -OCH3 is 1. The molecule has 3 nitrogen and oxygen atoms in total. The molecule has 1 N–H and O–H groups in total. The molecule has 0 radical (unpaired) electrons. The third-order valence-corrected chi connectivity index (χ3v) is 2.64. The Balaban J connectivity index is 2.90. The minimum Gasteiger partial charge on any atom is -0.481 e. The average molecular weight is 240 g/mol. The van der Waals surface area contributed by atoms with Crippen molar-refractivity contribution in [1.82, 2.24) is 0 Å². The van der Waals surface area contributed by atoms with E-state index in [9.17, 15) is 9.18 Å². The molecule has 0 saturated heterocycles. The third-order valence-electron chi connectivity index (χ3n) is 2.64. The number of rotatable bonds is 5. The Morgan fingerprint density at radius 1 is 1.47 bits per heavy atom. The summed E-state index contributed by atoms with van der Waals surface area (Å²) in [4.78, 5) is 11.0. The van der Waals surface area contributed by atoms with Crippen LogP contribution in [0.3, 0.4) is 0 Å². The van der Waals surface area contributed by atoms with E-state index in [1.165, 1.54) is 6.07 Å². The molecule has 1 aromatic carbocycles. The van der Waals surface area contributed by atoms with E-state index in [0.717, 1.165) is 5.56 Å². The fourth-order valence-corrected chi connectivity index (χ4v) is 1.54. The molecule has 0 atom stereocenters. The molecular weight excluding hydrogens is 223 g/mol.